The molecule has 0 saturated heterocycles. The highest BCUT2D eigenvalue weighted by Crippen LogP contribution is 2.50. The third-order valence-electron chi connectivity index (χ3n) is 3.88. The Morgan fingerprint density at radius 3 is 2.93 bits per heavy atom. The molecule has 82 valence electrons. The Morgan fingerprint density at radius 2 is 2.27 bits per heavy atom. The number of aromatic nitrogens is 2. The van der Waals surface area contributed by atoms with Crippen LogP contribution >= 0.6 is 15.9 Å². The maximum atomic E-state index is 6.35. The highest BCUT2D eigenvalue weighted by Gasteiger charge is 2.48. The zero-order valence-electron chi connectivity index (χ0n) is 8.96. The number of aryl methyl sites for hydroxylation is 1. The Balaban J connectivity index is 2.09. The topological polar surface area (TPSA) is 43.8 Å². The van der Waals surface area contributed by atoms with Crippen molar-refractivity contribution in [3.05, 3.63) is 16.1 Å². The summed E-state index contributed by atoms with van der Waals surface area (Å²) >= 11 is 3.58. The molecule has 0 bridgehead atoms. The highest BCUT2D eigenvalue weighted by atomic mass is 79.9. The third kappa shape index (κ3) is 1.38. The van der Waals surface area contributed by atoms with Crippen molar-refractivity contribution in [1.82, 2.24) is 9.55 Å². The number of nitrogens with two attached hydrogens (primary N) is 1. The number of rotatable bonds is 1. The van der Waals surface area contributed by atoms with Gasteiger partial charge in [0.1, 0.15) is 10.4 Å². The SMILES string of the molecule is Cc1nc(Br)c2n1CCCC2C1(N)CC1. The molecule has 1 aromatic rings. The predicted molar refractivity (Wildman–Crippen MR) is 62.8 cm³/mol. The monoisotopic (exact) mass is 269 g/mol. The van der Waals surface area contributed by atoms with Gasteiger partial charge in [-0.1, -0.05) is 0 Å². The predicted octanol–water partition coefficient (Wildman–Crippen LogP) is 2.32. The van der Waals surface area contributed by atoms with Crippen molar-refractivity contribution in [2.24, 2.45) is 5.73 Å². The lowest BCUT2D eigenvalue weighted by molar-refractivity contribution is 0.384. The Hall–Kier alpha value is -0.350. The molecule has 1 fully saturated rings. The van der Waals surface area contributed by atoms with Gasteiger partial charge in [0.15, 0.2) is 0 Å². The van der Waals surface area contributed by atoms with E-state index in [1.165, 1.54) is 31.4 Å². The minimum Gasteiger partial charge on any atom is -0.331 e. The largest absolute Gasteiger partial charge is 0.331 e. The molecule has 1 aromatic heterocycles. The fourth-order valence-electron chi connectivity index (χ4n) is 2.80. The van der Waals surface area contributed by atoms with Gasteiger partial charge in [0.2, 0.25) is 0 Å². The molecule has 1 atom stereocenters. The van der Waals surface area contributed by atoms with Gasteiger partial charge in [-0.15, -0.1) is 0 Å². The summed E-state index contributed by atoms with van der Waals surface area (Å²) in [5.41, 5.74) is 7.77. The lowest BCUT2D eigenvalue weighted by Gasteiger charge is -2.30. The molecule has 2 N–H and O–H groups in total. The Morgan fingerprint density at radius 1 is 1.53 bits per heavy atom. The molecule has 0 radical (unpaired) electrons. The van der Waals surface area contributed by atoms with Crippen LogP contribution in [0.1, 0.15) is 43.1 Å². The fraction of sp³-hybridized carbons (Fsp3) is 0.727. The zero-order valence-corrected chi connectivity index (χ0v) is 10.5. The molecule has 1 unspecified atom stereocenters. The van der Waals surface area contributed by atoms with E-state index in [1.54, 1.807) is 0 Å². The molecule has 3 rings (SSSR count). The molecule has 1 aliphatic carbocycles. The van der Waals surface area contributed by atoms with Crippen LogP contribution in [0.4, 0.5) is 0 Å². The van der Waals surface area contributed by atoms with E-state index in [-0.39, 0.29) is 5.54 Å². The molecule has 2 heterocycles. The van der Waals surface area contributed by atoms with Crippen molar-refractivity contribution in [3.8, 4) is 0 Å². The van der Waals surface area contributed by atoms with Crippen molar-refractivity contribution in [3.63, 3.8) is 0 Å². The average Bonchev–Trinajstić information content (AvgIpc) is 2.89. The number of halogens is 1. The summed E-state index contributed by atoms with van der Waals surface area (Å²) in [4.78, 5) is 4.51. The van der Waals surface area contributed by atoms with Gasteiger partial charge in [0, 0.05) is 18.0 Å². The van der Waals surface area contributed by atoms with Crippen LogP contribution in [0.5, 0.6) is 0 Å². The van der Waals surface area contributed by atoms with Crippen molar-refractivity contribution in [2.45, 2.75) is 50.6 Å². The van der Waals surface area contributed by atoms with Crippen molar-refractivity contribution < 1.29 is 0 Å². The third-order valence-corrected chi connectivity index (χ3v) is 4.46. The summed E-state index contributed by atoms with van der Waals surface area (Å²) in [7, 11) is 0. The molecule has 0 spiro atoms. The maximum Gasteiger partial charge on any atom is 0.127 e. The van der Waals surface area contributed by atoms with Crippen LogP contribution in [-0.4, -0.2) is 15.1 Å². The van der Waals surface area contributed by atoms with Crippen molar-refractivity contribution in [1.29, 1.82) is 0 Å². The summed E-state index contributed by atoms with van der Waals surface area (Å²) < 4.78 is 3.35. The quantitative estimate of drug-likeness (QED) is 0.851. The summed E-state index contributed by atoms with van der Waals surface area (Å²) in [6.07, 6.45) is 4.81. The van der Waals surface area contributed by atoms with Crippen LogP contribution in [0.15, 0.2) is 4.60 Å². The van der Waals surface area contributed by atoms with Gasteiger partial charge in [-0.3, -0.25) is 0 Å². The Labute approximate surface area is 98.2 Å². The summed E-state index contributed by atoms with van der Waals surface area (Å²) in [6, 6.07) is 0. The molecule has 1 aliphatic heterocycles. The van der Waals surface area contributed by atoms with E-state index in [4.69, 9.17) is 5.73 Å². The fourth-order valence-corrected chi connectivity index (χ4v) is 3.55. The first-order valence-corrected chi connectivity index (χ1v) is 6.42. The van der Waals surface area contributed by atoms with E-state index >= 15 is 0 Å². The van der Waals surface area contributed by atoms with Gasteiger partial charge < -0.3 is 10.3 Å². The van der Waals surface area contributed by atoms with Gasteiger partial charge >= 0.3 is 0 Å². The molecule has 0 aromatic carbocycles. The van der Waals surface area contributed by atoms with Crippen molar-refractivity contribution in [2.75, 3.05) is 0 Å². The number of hydrogen-bond acceptors (Lipinski definition) is 2. The second-order valence-corrected chi connectivity index (χ2v) is 5.67. The van der Waals surface area contributed by atoms with Crippen molar-refractivity contribution >= 4 is 15.9 Å². The smallest absolute Gasteiger partial charge is 0.127 e. The van der Waals surface area contributed by atoms with E-state index in [2.05, 4.69) is 32.4 Å². The minimum atomic E-state index is 0.0766. The summed E-state index contributed by atoms with van der Waals surface area (Å²) in [5.74, 6) is 1.63. The van der Waals surface area contributed by atoms with Gasteiger partial charge in [-0.2, -0.15) is 0 Å². The van der Waals surface area contributed by atoms with Crippen LogP contribution in [0, 0.1) is 6.92 Å². The average molecular weight is 270 g/mol. The lowest BCUT2D eigenvalue weighted by Crippen LogP contribution is -2.34. The standard InChI is InChI=1S/C11H16BrN3/c1-7-14-10(12)9-8(11(13)4-5-11)3-2-6-15(7)9/h8H,2-6,13H2,1H3. The van der Waals surface area contributed by atoms with Crippen LogP contribution in [0.25, 0.3) is 0 Å². The first-order valence-electron chi connectivity index (χ1n) is 5.63. The first-order chi connectivity index (χ1) is 7.12. The first kappa shape index (κ1) is 9.85. The van der Waals surface area contributed by atoms with Crippen LogP contribution in [-0.2, 0) is 6.54 Å². The molecule has 4 heteroatoms. The van der Waals surface area contributed by atoms with Gasteiger partial charge in [-0.05, 0) is 48.5 Å². The van der Waals surface area contributed by atoms with E-state index in [9.17, 15) is 0 Å². The van der Waals surface area contributed by atoms with Gasteiger partial charge in [-0.25, -0.2) is 4.98 Å². The molecule has 3 nitrogen and oxygen atoms in total. The summed E-state index contributed by atoms with van der Waals surface area (Å²) in [6.45, 7) is 3.18. The Bertz CT molecular complexity index is 406. The maximum absolute atomic E-state index is 6.35. The molecular formula is C11H16BrN3. The molecule has 2 aliphatic rings. The second-order valence-electron chi connectivity index (χ2n) is 4.91. The van der Waals surface area contributed by atoms with Crippen LogP contribution in [0.3, 0.4) is 0 Å². The molecular weight excluding hydrogens is 254 g/mol. The van der Waals surface area contributed by atoms with Gasteiger partial charge in [0.25, 0.3) is 0 Å². The van der Waals surface area contributed by atoms with E-state index in [0.29, 0.717) is 5.92 Å². The van der Waals surface area contributed by atoms with E-state index in [0.717, 1.165) is 17.0 Å². The number of hydrogen-bond donors (Lipinski definition) is 1. The van der Waals surface area contributed by atoms with E-state index < -0.39 is 0 Å². The summed E-state index contributed by atoms with van der Waals surface area (Å²) in [5, 5.41) is 0. The number of imidazole rings is 1. The van der Waals surface area contributed by atoms with Gasteiger partial charge in [0.05, 0.1) is 5.69 Å². The second kappa shape index (κ2) is 3.08. The highest BCUT2D eigenvalue weighted by molar-refractivity contribution is 9.10. The molecule has 0 amide bonds. The lowest BCUT2D eigenvalue weighted by atomic mass is 9.87. The number of nitrogens with zero attached hydrogens (tertiary/aromatic N) is 2. The zero-order chi connectivity index (χ0) is 10.6. The van der Waals surface area contributed by atoms with E-state index in [1.807, 2.05) is 0 Å². The Kier molecular flexibility index (Phi) is 2.02. The number of fused-ring (bicyclic) bond motifs is 1. The van der Waals surface area contributed by atoms with Crippen LogP contribution < -0.4 is 5.73 Å². The normalized spacial score (nSPS) is 27.5. The van der Waals surface area contributed by atoms with Crippen LogP contribution in [0.2, 0.25) is 0 Å². The minimum absolute atomic E-state index is 0.0766. The molecule has 15 heavy (non-hydrogen) atoms. The molecule has 1 saturated carbocycles.